The van der Waals surface area contributed by atoms with Gasteiger partial charge in [-0.2, -0.15) is 0 Å². The molecule has 2 aromatic rings. The van der Waals surface area contributed by atoms with E-state index in [-0.39, 0.29) is 11.7 Å². The van der Waals surface area contributed by atoms with Gasteiger partial charge in [0.15, 0.2) is 17.3 Å². The topological polar surface area (TPSA) is 59.1 Å². The minimum Gasteiger partial charge on any atom is -0.486 e. The van der Waals surface area contributed by atoms with Gasteiger partial charge in [-0.15, -0.1) is 11.8 Å². The van der Waals surface area contributed by atoms with Crippen LogP contribution in [0, 0.1) is 0 Å². The van der Waals surface area contributed by atoms with Crippen molar-refractivity contribution < 1.29 is 19.1 Å². The molecule has 0 unspecified atom stereocenters. The molecular formula is C22H24N2O4S. The van der Waals surface area contributed by atoms with Gasteiger partial charge in [0.25, 0.3) is 0 Å². The Balaban J connectivity index is 1.27. The number of fused-ring (bicyclic) bond motifs is 1. The van der Waals surface area contributed by atoms with Gasteiger partial charge in [-0.05, 0) is 49.4 Å². The summed E-state index contributed by atoms with van der Waals surface area (Å²) in [6.45, 7) is 5.69. The number of nitrogens with zero attached hydrogens (tertiary/aromatic N) is 2. The molecule has 29 heavy (non-hydrogen) atoms. The van der Waals surface area contributed by atoms with E-state index < -0.39 is 0 Å². The highest BCUT2D eigenvalue weighted by Gasteiger charge is 2.22. The van der Waals surface area contributed by atoms with Gasteiger partial charge in [0.05, 0.1) is 5.75 Å². The third kappa shape index (κ3) is 4.67. The Labute approximate surface area is 174 Å². The first-order valence-electron chi connectivity index (χ1n) is 9.76. The van der Waals surface area contributed by atoms with Crippen molar-refractivity contribution in [2.75, 3.05) is 50.0 Å². The van der Waals surface area contributed by atoms with Crippen molar-refractivity contribution in [3.8, 4) is 11.5 Å². The second-order valence-corrected chi connectivity index (χ2v) is 8.11. The van der Waals surface area contributed by atoms with E-state index in [1.807, 2.05) is 47.4 Å². The van der Waals surface area contributed by atoms with Gasteiger partial charge in [0.2, 0.25) is 5.91 Å². The van der Waals surface area contributed by atoms with Crippen LogP contribution in [0.25, 0.3) is 0 Å². The highest BCUT2D eigenvalue weighted by Crippen LogP contribution is 2.34. The minimum atomic E-state index is 0.0717. The molecule has 2 aromatic carbocycles. The summed E-state index contributed by atoms with van der Waals surface area (Å²) in [5.74, 6) is 2.14. The third-order valence-electron chi connectivity index (χ3n) is 5.15. The second-order valence-electron chi connectivity index (χ2n) is 7.07. The lowest BCUT2D eigenvalue weighted by molar-refractivity contribution is -0.128. The molecule has 0 aliphatic carbocycles. The van der Waals surface area contributed by atoms with Crippen molar-refractivity contribution in [3.05, 3.63) is 48.0 Å². The summed E-state index contributed by atoms with van der Waals surface area (Å²) in [6.07, 6.45) is 0. The zero-order valence-corrected chi connectivity index (χ0v) is 17.2. The van der Waals surface area contributed by atoms with Crippen LogP contribution in [0.5, 0.6) is 11.5 Å². The molecule has 0 radical (unpaired) electrons. The molecule has 1 fully saturated rings. The molecule has 2 aliphatic rings. The van der Waals surface area contributed by atoms with Crippen LogP contribution in [-0.2, 0) is 4.79 Å². The molecule has 6 nitrogen and oxygen atoms in total. The van der Waals surface area contributed by atoms with Gasteiger partial charge in [-0.3, -0.25) is 9.59 Å². The summed E-state index contributed by atoms with van der Waals surface area (Å²) in [6, 6.07) is 13.5. The molecule has 0 bridgehead atoms. The first-order valence-corrected chi connectivity index (χ1v) is 10.7. The predicted molar refractivity (Wildman–Crippen MR) is 113 cm³/mol. The summed E-state index contributed by atoms with van der Waals surface area (Å²) in [5, 5.41) is 0. The van der Waals surface area contributed by atoms with Crippen LogP contribution in [0.15, 0.2) is 47.4 Å². The molecule has 0 N–H and O–H groups in total. The second kappa shape index (κ2) is 8.78. The molecule has 2 aliphatic heterocycles. The van der Waals surface area contributed by atoms with E-state index in [0.29, 0.717) is 32.1 Å². The van der Waals surface area contributed by atoms with E-state index in [1.54, 1.807) is 6.92 Å². The van der Waals surface area contributed by atoms with Gasteiger partial charge in [-0.25, -0.2) is 0 Å². The van der Waals surface area contributed by atoms with Crippen molar-refractivity contribution in [1.29, 1.82) is 0 Å². The summed E-state index contributed by atoms with van der Waals surface area (Å²) in [4.78, 5) is 29.2. The van der Waals surface area contributed by atoms with Crippen molar-refractivity contribution in [3.63, 3.8) is 0 Å². The molecule has 0 saturated carbocycles. The number of anilines is 1. The molecule has 1 amide bonds. The van der Waals surface area contributed by atoms with E-state index in [4.69, 9.17) is 9.47 Å². The zero-order chi connectivity index (χ0) is 20.2. The monoisotopic (exact) mass is 412 g/mol. The predicted octanol–water partition coefficient (Wildman–Crippen LogP) is 3.10. The molecule has 4 rings (SSSR count). The lowest BCUT2D eigenvalue weighted by Gasteiger charge is -2.36. The number of hydrogen-bond acceptors (Lipinski definition) is 6. The maximum atomic E-state index is 12.6. The molecule has 1 saturated heterocycles. The maximum Gasteiger partial charge on any atom is 0.233 e. The number of rotatable bonds is 5. The van der Waals surface area contributed by atoms with Crippen LogP contribution >= 0.6 is 11.8 Å². The Morgan fingerprint density at radius 1 is 0.931 bits per heavy atom. The molecular weight excluding hydrogens is 388 g/mol. The summed E-state index contributed by atoms with van der Waals surface area (Å²) in [7, 11) is 0. The lowest BCUT2D eigenvalue weighted by atomic mass is 10.1. The smallest absolute Gasteiger partial charge is 0.233 e. The number of amides is 1. The first kappa shape index (κ1) is 19.6. The molecule has 0 aromatic heterocycles. The van der Waals surface area contributed by atoms with Crippen molar-refractivity contribution in [2.45, 2.75) is 11.8 Å². The van der Waals surface area contributed by atoms with E-state index in [1.165, 1.54) is 11.8 Å². The van der Waals surface area contributed by atoms with Crippen LogP contribution in [-0.4, -0.2) is 61.7 Å². The van der Waals surface area contributed by atoms with Crippen molar-refractivity contribution >= 4 is 29.1 Å². The van der Waals surface area contributed by atoms with Crippen LogP contribution in [0.2, 0.25) is 0 Å². The Bertz CT molecular complexity index is 892. The molecule has 152 valence electrons. The van der Waals surface area contributed by atoms with Crippen LogP contribution in [0.4, 0.5) is 5.69 Å². The average molecular weight is 413 g/mol. The highest BCUT2D eigenvalue weighted by molar-refractivity contribution is 8.00. The number of carbonyl (C=O) groups is 2. The SMILES string of the molecule is CC(=O)c1ccc(N2CCN(C(=O)CSc3ccc4c(c3)OCCO4)CC2)cc1. The molecule has 2 heterocycles. The fourth-order valence-corrected chi connectivity index (χ4v) is 4.30. The molecule has 0 atom stereocenters. The number of piperazine rings is 1. The molecule has 7 heteroatoms. The van der Waals surface area contributed by atoms with E-state index >= 15 is 0 Å². The van der Waals surface area contributed by atoms with Gasteiger partial charge >= 0.3 is 0 Å². The zero-order valence-electron chi connectivity index (χ0n) is 16.4. The molecule has 0 spiro atoms. The van der Waals surface area contributed by atoms with E-state index in [0.717, 1.165) is 40.7 Å². The third-order valence-corrected chi connectivity index (χ3v) is 6.13. The number of thioether (sulfide) groups is 1. The normalized spacial score (nSPS) is 15.9. The van der Waals surface area contributed by atoms with Gasteiger partial charge < -0.3 is 19.3 Å². The lowest BCUT2D eigenvalue weighted by Crippen LogP contribution is -2.49. The fourth-order valence-electron chi connectivity index (χ4n) is 3.47. The fraction of sp³-hybridized carbons (Fsp3) is 0.364. The standard InChI is InChI=1S/C22H24N2O4S/c1-16(25)17-2-4-18(5-3-17)23-8-10-24(11-9-23)22(26)15-29-19-6-7-20-21(14-19)28-13-12-27-20/h2-7,14H,8-13,15H2,1H3. The Hall–Kier alpha value is -2.67. The van der Waals surface area contributed by atoms with E-state index in [2.05, 4.69) is 4.90 Å². The minimum absolute atomic E-state index is 0.0717. The number of Topliss-reactive ketones (excluding diaryl/α,β-unsaturated/α-hetero) is 1. The Morgan fingerprint density at radius 3 is 2.31 bits per heavy atom. The average Bonchev–Trinajstić information content (AvgIpc) is 2.77. The van der Waals surface area contributed by atoms with Crippen LogP contribution in [0.3, 0.4) is 0 Å². The Morgan fingerprint density at radius 2 is 1.62 bits per heavy atom. The van der Waals surface area contributed by atoms with E-state index in [9.17, 15) is 9.59 Å². The van der Waals surface area contributed by atoms with Crippen molar-refractivity contribution in [2.24, 2.45) is 0 Å². The number of ketones is 1. The van der Waals surface area contributed by atoms with Gasteiger partial charge in [0, 0.05) is 42.3 Å². The van der Waals surface area contributed by atoms with Crippen LogP contribution < -0.4 is 14.4 Å². The number of carbonyl (C=O) groups excluding carboxylic acids is 2. The maximum absolute atomic E-state index is 12.6. The quantitative estimate of drug-likeness (QED) is 0.556. The number of hydrogen-bond donors (Lipinski definition) is 0. The first-order chi connectivity index (χ1) is 14.1. The number of ether oxygens (including phenoxy) is 2. The van der Waals surface area contributed by atoms with Gasteiger partial charge in [0.1, 0.15) is 13.2 Å². The highest BCUT2D eigenvalue weighted by atomic mass is 32.2. The van der Waals surface area contributed by atoms with Crippen LogP contribution in [0.1, 0.15) is 17.3 Å². The van der Waals surface area contributed by atoms with Gasteiger partial charge in [-0.1, -0.05) is 0 Å². The Kier molecular flexibility index (Phi) is 5.94. The summed E-state index contributed by atoms with van der Waals surface area (Å²) < 4.78 is 11.1. The summed E-state index contributed by atoms with van der Waals surface area (Å²) in [5.41, 5.74) is 1.81. The largest absolute Gasteiger partial charge is 0.486 e. The number of benzene rings is 2. The van der Waals surface area contributed by atoms with Crippen molar-refractivity contribution in [1.82, 2.24) is 4.90 Å². The summed E-state index contributed by atoms with van der Waals surface area (Å²) >= 11 is 1.52.